The Morgan fingerprint density at radius 1 is 1.20 bits per heavy atom. The summed E-state index contributed by atoms with van der Waals surface area (Å²) in [5.74, 6) is -0.000715. The first-order valence-corrected chi connectivity index (χ1v) is 8.66. The van der Waals surface area contributed by atoms with Crippen molar-refractivity contribution in [3.8, 4) is 0 Å². The normalized spacial score (nSPS) is 25.6. The predicted octanol–water partition coefficient (Wildman–Crippen LogP) is 2.07. The van der Waals surface area contributed by atoms with Gasteiger partial charge in [0.2, 0.25) is 0 Å². The third kappa shape index (κ3) is 3.41. The second-order valence-corrected chi connectivity index (χ2v) is 6.43. The highest BCUT2D eigenvalue weighted by atomic mass is 16.5. The number of carbonyl (C=O) groups excluding carboxylic acids is 1. The predicted molar refractivity (Wildman–Crippen MR) is 90.8 cm³/mol. The van der Waals surface area contributed by atoms with Crippen molar-refractivity contribution in [3.63, 3.8) is 0 Å². The van der Waals surface area contributed by atoms with E-state index in [9.17, 15) is 4.79 Å². The van der Waals surface area contributed by atoms with Crippen LogP contribution in [0.2, 0.25) is 0 Å². The summed E-state index contributed by atoms with van der Waals surface area (Å²) >= 11 is 0. The van der Waals surface area contributed by atoms with Crippen molar-refractivity contribution < 1.29 is 14.3 Å². The van der Waals surface area contributed by atoms with Gasteiger partial charge in [-0.25, -0.2) is 0 Å². The van der Waals surface area contributed by atoms with E-state index in [1.165, 1.54) is 0 Å². The number of aromatic nitrogens is 2. The molecule has 2 bridgehead atoms. The van der Waals surface area contributed by atoms with Crippen LogP contribution in [0.4, 0.5) is 0 Å². The Morgan fingerprint density at radius 2 is 2.04 bits per heavy atom. The summed E-state index contributed by atoms with van der Waals surface area (Å²) in [4.78, 5) is 23.0. The Morgan fingerprint density at radius 3 is 2.80 bits per heavy atom. The summed E-state index contributed by atoms with van der Waals surface area (Å²) in [6.07, 6.45) is 8.60. The van der Waals surface area contributed by atoms with Crippen molar-refractivity contribution in [2.24, 2.45) is 0 Å². The quantitative estimate of drug-likeness (QED) is 0.853. The van der Waals surface area contributed by atoms with Crippen molar-refractivity contribution >= 4 is 5.91 Å². The molecule has 0 spiro atoms. The second kappa shape index (κ2) is 7.29. The van der Waals surface area contributed by atoms with E-state index in [1.807, 2.05) is 17.0 Å². The number of carbonyl (C=O) groups is 1. The van der Waals surface area contributed by atoms with Crippen LogP contribution in [0.5, 0.6) is 0 Å². The van der Waals surface area contributed by atoms with Crippen LogP contribution in [-0.2, 0) is 16.1 Å². The van der Waals surface area contributed by atoms with Crippen LogP contribution in [0, 0.1) is 0 Å². The third-order valence-electron chi connectivity index (χ3n) is 4.89. The van der Waals surface area contributed by atoms with E-state index in [1.54, 1.807) is 36.9 Å². The first kappa shape index (κ1) is 16.2. The van der Waals surface area contributed by atoms with Gasteiger partial charge in [-0.05, 0) is 36.6 Å². The Balaban J connectivity index is 1.51. The molecular formula is C19H21N3O3. The van der Waals surface area contributed by atoms with Gasteiger partial charge in [0.05, 0.1) is 30.9 Å². The minimum atomic E-state index is -0.108. The van der Waals surface area contributed by atoms with Crippen molar-refractivity contribution in [1.29, 1.82) is 0 Å². The summed E-state index contributed by atoms with van der Waals surface area (Å²) < 4.78 is 12.1. The fourth-order valence-electron chi connectivity index (χ4n) is 3.69. The Kier molecular flexibility index (Phi) is 4.72. The Hall–Kier alpha value is -2.31. The van der Waals surface area contributed by atoms with Crippen LogP contribution in [-0.4, -0.2) is 52.2 Å². The number of fused-ring (bicyclic) bond motifs is 2. The SMILES string of the molecule is O=C(c1cccnc1)N1CCOC2CCC1C2OCc1cccnc1. The fraction of sp³-hybridized carbons (Fsp3) is 0.421. The van der Waals surface area contributed by atoms with Crippen LogP contribution in [0.25, 0.3) is 0 Å². The van der Waals surface area contributed by atoms with Crippen LogP contribution in [0.15, 0.2) is 49.1 Å². The average Bonchev–Trinajstić information content (AvgIpc) is 2.96. The summed E-state index contributed by atoms with van der Waals surface area (Å²) in [5.41, 5.74) is 1.63. The molecule has 130 valence electrons. The van der Waals surface area contributed by atoms with Gasteiger partial charge in [-0.2, -0.15) is 0 Å². The van der Waals surface area contributed by atoms with Crippen molar-refractivity contribution in [2.45, 2.75) is 37.7 Å². The topological polar surface area (TPSA) is 64.6 Å². The van der Waals surface area contributed by atoms with Gasteiger partial charge in [0, 0.05) is 31.3 Å². The van der Waals surface area contributed by atoms with E-state index in [0.717, 1.165) is 18.4 Å². The largest absolute Gasteiger partial charge is 0.374 e. The molecule has 4 rings (SSSR count). The van der Waals surface area contributed by atoms with Crippen LogP contribution >= 0.6 is 0 Å². The average molecular weight is 339 g/mol. The first-order chi connectivity index (χ1) is 12.3. The van der Waals surface area contributed by atoms with E-state index in [0.29, 0.717) is 25.3 Å². The maximum absolute atomic E-state index is 12.9. The highest BCUT2D eigenvalue weighted by Gasteiger charge is 2.44. The minimum absolute atomic E-state index is 0.000715. The number of pyridine rings is 2. The minimum Gasteiger partial charge on any atom is -0.374 e. The van der Waals surface area contributed by atoms with Crippen LogP contribution in [0.1, 0.15) is 28.8 Å². The molecule has 1 amide bonds. The molecule has 2 aliphatic rings. The van der Waals surface area contributed by atoms with E-state index in [2.05, 4.69) is 9.97 Å². The molecule has 6 heteroatoms. The number of hydrogen-bond acceptors (Lipinski definition) is 5. The zero-order chi connectivity index (χ0) is 17.1. The molecule has 0 radical (unpaired) electrons. The van der Waals surface area contributed by atoms with Gasteiger partial charge in [-0.1, -0.05) is 6.07 Å². The van der Waals surface area contributed by atoms with E-state index in [4.69, 9.17) is 9.47 Å². The molecule has 3 unspecified atom stereocenters. The molecule has 0 N–H and O–H groups in total. The molecule has 2 aromatic rings. The van der Waals surface area contributed by atoms with Crippen LogP contribution < -0.4 is 0 Å². The highest BCUT2D eigenvalue weighted by molar-refractivity contribution is 5.94. The molecule has 2 fully saturated rings. The smallest absolute Gasteiger partial charge is 0.255 e. The standard InChI is InChI=1S/C19H21N3O3/c23-19(15-4-2-8-21-12-15)22-9-10-24-17-6-5-16(22)18(17)25-13-14-3-1-7-20-11-14/h1-4,7-8,11-12,16-18H,5-6,9-10,13H2. The number of hydrogen-bond donors (Lipinski definition) is 0. The number of rotatable bonds is 4. The maximum Gasteiger partial charge on any atom is 0.255 e. The molecule has 1 saturated carbocycles. The van der Waals surface area contributed by atoms with Gasteiger partial charge in [0.15, 0.2) is 0 Å². The number of nitrogens with zero attached hydrogens (tertiary/aromatic N) is 3. The number of ether oxygens (including phenoxy) is 2. The lowest BCUT2D eigenvalue weighted by Gasteiger charge is -2.31. The molecule has 3 atom stereocenters. The lowest BCUT2D eigenvalue weighted by molar-refractivity contribution is -0.0598. The lowest BCUT2D eigenvalue weighted by atomic mass is 10.1. The van der Waals surface area contributed by atoms with Gasteiger partial charge in [-0.15, -0.1) is 0 Å². The van der Waals surface area contributed by atoms with Gasteiger partial charge in [0.1, 0.15) is 6.10 Å². The van der Waals surface area contributed by atoms with Crippen molar-refractivity contribution in [3.05, 3.63) is 60.2 Å². The van der Waals surface area contributed by atoms with E-state index in [-0.39, 0.29) is 24.2 Å². The van der Waals surface area contributed by atoms with Gasteiger partial charge >= 0.3 is 0 Å². The molecule has 25 heavy (non-hydrogen) atoms. The highest BCUT2D eigenvalue weighted by Crippen LogP contribution is 2.33. The van der Waals surface area contributed by atoms with E-state index >= 15 is 0 Å². The zero-order valence-corrected chi connectivity index (χ0v) is 14.0. The molecule has 3 heterocycles. The Labute approximate surface area is 146 Å². The molecule has 0 aromatic carbocycles. The van der Waals surface area contributed by atoms with Gasteiger partial charge in [0.25, 0.3) is 5.91 Å². The van der Waals surface area contributed by atoms with Crippen molar-refractivity contribution in [1.82, 2.24) is 14.9 Å². The summed E-state index contributed by atoms with van der Waals surface area (Å²) in [6.45, 7) is 1.60. The summed E-state index contributed by atoms with van der Waals surface area (Å²) in [7, 11) is 0. The maximum atomic E-state index is 12.9. The van der Waals surface area contributed by atoms with Gasteiger partial charge < -0.3 is 14.4 Å². The molecule has 1 aliphatic carbocycles. The monoisotopic (exact) mass is 339 g/mol. The molecule has 2 aromatic heterocycles. The molecule has 1 aliphatic heterocycles. The Bertz CT molecular complexity index is 710. The lowest BCUT2D eigenvalue weighted by Crippen LogP contribution is -2.46. The number of amides is 1. The molecular weight excluding hydrogens is 318 g/mol. The first-order valence-electron chi connectivity index (χ1n) is 8.66. The summed E-state index contributed by atoms with van der Waals surface area (Å²) in [6, 6.07) is 7.52. The van der Waals surface area contributed by atoms with Crippen molar-refractivity contribution in [2.75, 3.05) is 13.2 Å². The van der Waals surface area contributed by atoms with E-state index < -0.39 is 0 Å². The van der Waals surface area contributed by atoms with Gasteiger partial charge in [-0.3, -0.25) is 14.8 Å². The molecule has 1 saturated heterocycles. The fourth-order valence-corrected chi connectivity index (χ4v) is 3.69. The summed E-state index contributed by atoms with van der Waals surface area (Å²) in [5, 5.41) is 0. The van der Waals surface area contributed by atoms with Crippen LogP contribution in [0.3, 0.4) is 0 Å². The second-order valence-electron chi connectivity index (χ2n) is 6.43. The third-order valence-corrected chi connectivity index (χ3v) is 4.89. The zero-order valence-electron chi connectivity index (χ0n) is 14.0. The molecule has 6 nitrogen and oxygen atoms in total.